The molecule has 0 spiro atoms. The number of nitrogens with one attached hydrogen (secondary N) is 3. The molecule has 0 unspecified atom stereocenters. The summed E-state index contributed by atoms with van der Waals surface area (Å²) in [5.74, 6) is 0.0426. The zero-order valence-electron chi connectivity index (χ0n) is 10.1. The molecule has 96 valence electrons. The zero-order valence-corrected chi connectivity index (χ0v) is 10.1. The summed E-state index contributed by atoms with van der Waals surface area (Å²) in [5, 5.41) is 8.57. The summed E-state index contributed by atoms with van der Waals surface area (Å²) >= 11 is 0. The summed E-state index contributed by atoms with van der Waals surface area (Å²) < 4.78 is 0. The van der Waals surface area contributed by atoms with E-state index >= 15 is 0 Å². The highest BCUT2D eigenvalue weighted by atomic mass is 16.2. The summed E-state index contributed by atoms with van der Waals surface area (Å²) in [4.78, 5) is 22.5. The number of hydrogen-bond donors (Lipinski definition) is 3. The van der Waals surface area contributed by atoms with E-state index in [-0.39, 0.29) is 11.8 Å². The van der Waals surface area contributed by atoms with Crippen LogP contribution in [0.15, 0.2) is 12.7 Å². The van der Waals surface area contributed by atoms with Gasteiger partial charge in [-0.05, 0) is 19.3 Å². The molecule has 0 saturated heterocycles. The number of carbonyl (C=O) groups excluding carboxylic acids is 2. The van der Waals surface area contributed by atoms with Crippen molar-refractivity contribution in [2.24, 2.45) is 0 Å². The SMILES string of the molecule is C=CCNCC(=O)NCCCC(=O)NC1CC1. The third kappa shape index (κ3) is 7.52. The van der Waals surface area contributed by atoms with Gasteiger partial charge in [0.05, 0.1) is 6.54 Å². The smallest absolute Gasteiger partial charge is 0.233 e. The molecule has 0 bridgehead atoms. The quantitative estimate of drug-likeness (QED) is 0.390. The summed E-state index contributed by atoms with van der Waals surface area (Å²) in [7, 11) is 0. The second kappa shape index (κ2) is 7.84. The van der Waals surface area contributed by atoms with E-state index in [2.05, 4.69) is 22.5 Å². The van der Waals surface area contributed by atoms with Crippen molar-refractivity contribution < 1.29 is 9.59 Å². The van der Waals surface area contributed by atoms with Gasteiger partial charge in [0.25, 0.3) is 0 Å². The van der Waals surface area contributed by atoms with Crippen molar-refractivity contribution in [3.63, 3.8) is 0 Å². The Morgan fingerprint density at radius 2 is 2.06 bits per heavy atom. The third-order valence-corrected chi connectivity index (χ3v) is 2.42. The normalized spacial score (nSPS) is 14.1. The molecule has 5 heteroatoms. The maximum atomic E-state index is 11.3. The average Bonchev–Trinajstić information content (AvgIpc) is 3.09. The molecular weight excluding hydrogens is 218 g/mol. The van der Waals surface area contributed by atoms with Crippen LogP contribution in [0.4, 0.5) is 0 Å². The molecule has 1 saturated carbocycles. The molecule has 0 heterocycles. The fraction of sp³-hybridized carbons (Fsp3) is 0.667. The van der Waals surface area contributed by atoms with Crippen molar-refractivity contribution in [2.45, 2.75) is 31.7 Å². The summed E-state index contributed by atoms with van der Waals surface area (Å²) in [6, 6.07) is 0.417. The Morgan fingerprint density at radius 1 is 1.29 bits per heavy atom. The van der Waals surface area contributed by atoms with Crippen LogP contribution in [0.25, 0.3) is 0 Å². The lowest BCUT2D eigenvalue weighted by Crippen LogP contribution is -2.35. The minimum absolute atomic E-state index is 0.0468. The van der Waals surface area contributed by atoms with Gasteiger partial charge in [0.2, 0.25) is 11.8 Å². The third-order valence-electron chi connectivity index (χ3n) is 2.42. The molecule has 0 aliphatic heterocycles. The molecule has 0 atom stereocenters. The largest absolute Gasteiger partial charge is 0.355 e. The van der Waals surface area contributed by atoms with Gasteiger partial charge in [0.1, 0.15) is 0 Å². The first-order chi connectivity index (χ1) is 8.22. The highest BCUT2D eigenvalue weighted by Gasteiger charge is 2.22. The minimum atomic E-state index is -0.0468. The van der Waals surface area contributed by atoms with Gasteiger partial charge in [0.15, 0.2) is 0 Å². The Hall–Kier alpha value is -1.36. The maximum Gasteiger partial charge on any atom is 0.233 e. The van der Waals surface area contributed by atoms with Crippen LogP contribution >= 0.6 is 0 Å². The highest BCUT2D eigenvalue weighted by Crippen LogP contribution is 2.18. The Balaban J connectivity index is 1.89. The van der Waals surface area contributed by atoms with E-state index in [1.165, 1.54) is 0 Å². The van der Waals surface area contributed by atoms with Gasteiger partial charge in [-0.1, -0.05) is 6.08 Å². The van der Waals surface area contributed by atoms with Gasteiger partial charge in [-0.15, -0.1) is 6.58 Å². The van der Waals surface area contributed by atoms with Gasteiger partial charge in [-0.2, -0.15) is 0 Å². The molecule has 0 aromatic heterocycles. The number of hydrogen-bond acceptors (Lipinski definition) is 3. The van der Waals surface area contributed by atoms with E-state index in [1.807, 2.05) is 0 Å². The van der Waals surface area contributed by atoms with E-state index in [1.54, 1.807) is 6.08 Å². The molecule has 17 heavy (non-hydrogen) atoms. The van der Waals surface area contributed by atoms with Crippen molar-refractivity contribution in [3.8, 4) is 0 Å². The zero-order chi connectivity index (χ0) is 12.5. The van der Waals surface area contributed by atoms with Crippen molar-refractivity contribution >= 4 is 11.8 Å². The van der Waals surface area contributed by atoms with E-state index in [9.17, 15) is 9.59 Å². The standard InChI is InChI=1S/C12H21N3O2/c1-2-7-13-9-12(17)14-8-3-4-11(16)15-10-5-6-10/h2,10,13H,1,3-9H2,(H,14,17)(H,15,16). The Morgan fingerprint density at radius 3 is 2.71 bits per heavy atom. The van der Waals surface area contributed by atoms with Crippen LogP contribution < -0.4 is 16.0 Å². The van der Waals surface area contributed by atoms with Crippen LogP contribution in [0.2, 0.25) is 0 Å². The maximum absolute atomic E-state index is 11.3. The van der Waals surface area contributed by atoms with Crippen LogP contribution in [-0.2, 0) is 9.59 Å². The fourth-order valence-corrected chi connectivity index (χ4v) is 1.35. The molecule has 1 rings (SSSR count). The van der Waals surface area contributed by atoms with E-state index < -0.39 is 0 Å². The van der Waals surface area contributed by atoms with Crippen LogP contribution in [0.3, 0.4) is 0 Å². The van der Waals surface area contributed by atoms with Crippen molar-refractivity contribution in [1.82, 2.24) is 16.0 Å². The molecule has 0 aromatic carbocycles. The Kier molecular flexibility index (Phi) is 6.32. The second-order valence-electron chi connectivity index (χ2n) is 4.21. The molecule has 1 aliphatic carbocycles. The average molecular weight is 239 g/mol. The van der Waals surface area contributed by atoms with Crippen LogP contribution in [0.5, 0.6) is 0 Å². The number of amides is 2. The lowest BCUT2D eigenvalue weighted by Gasteiger charge is -2.06. The van der Waals surface area contributed by atoms with Gasteiger partial charge in [-0.25, -0.2) is 0 Å². The monoisotopic (exact) mass is 239 g/mol. The van der Waals surface area contributed by atoms with Crippen molar-refractivity contribution in [3.05, 3.63) is 12.7 Å². The van der Waals surface area contributed by atoms with Gasteiger partial charge >= 0.3 is 0 Å². The van der Waals surface area contributed by atoms with Gasteiger partial charge in [-0.3, -0.25) is 9.59 Å². The van der Waals surface area contributed by atoms with E-state index in [0.29, 0.717) is 38.5 Å². The minimum Gasteiger partial charge on any atom is -0.355 e. The highest BCUT2D eigenvalue weighted by molar-refractivity contribution is 5.78. The van der Waals surface area contributed by atoms with Gasteiger partial charge in [0, 0.05) is 25.6 Å². The summed E-state index contributed by atoms with van der Waals surface area (Å²) in [6.07, 6.45) is 5.09. The lowest BCUT2D eigenvalue weighted by atomic mass is 10.3. The fourth-order valence-electron chi connectivity index (χ4n) is 1.35. The Labute approximate surface area is 102 Å². The van der Waals surface area contributed by atoms with Crippen LogP contribution in [0, 0.1) is 0 Å². The number of rotatable bonds is 9. The second-order valence-corrected chi connectivity index (χ2v) is 4.21. The first-order valence-corrected chi connectivity index (χ1v) is 6.10. The molecule has 5 nitrogen and oxygen atoms in total. The van der Waals surface area contributed by atoms with E-state index in [0.717, 1.165) is 12.8 Å². The van der Waals surface area contributed by atoms with Gasteiger partial charge < -0.3 is 16.0 Å². The predicted octanol–water partition coefficient (Wildman–Crippen LogP) is -0.0630. The molecular formula is C12H21N3O2. The Bertz CT molecular complexity index is 275. The first kappa shape index (κ1) is 13.7. The predicted molar refractivity (Wildman–Crippen MR) is 66.5 cm³/mol. The molecule has 1 aliphatic rings. The summed E-state index contributed by atoms with van der Waals surface area (Å²) in [6.45, 7) is 5.00. The molecule has 2 amide bonds. The summed E-state index contributed by atoms with van der Waals surface area (Å²) in [5.41, 5.74) is 0. The lowest BCUT2D eigenvalue weighted by molar-refractivity contribution is -0.122. The molecule has 0 radical (unpaired) electrons. The van der Waals surface area contributed by atoms with Crippen LogP contribution in [-0.4, -0.2) is 37.5 Å². The van der Waals surface area contributed by atoms with Crippen molar-refractivity contribution in [1.29, 1.82) is 0 Å². The number of carbonyl (C=O) groups is 2. The first-order valence-electron chi connectivity index (χ1n) is 6.10. The van der Waals surface area contributed by atoms with Crippen molar-refractivity contribution in [2.75, 3.05) is 19.6 Å². The molecule has 0 aromatic rings. The molecule has 3 N–H and O–H groups in total. The molecule has 1 fully saturated rings. The van der Waals surface area contributed by atoms with E-state index in [4.69, 9.17) is 0 Å². The topological polar surface area (TPSA) is 70.2 Å². The van der Waals surface area contributed by atoms with Crippen LogP contribution in [0.1, 0.15) is 25.7 Å².